The molecule has 2 aromatic heterocycles. The van der Waals surface area contributed by atoms with Gasteiger partial charge in [-0.05, 0) is 87.5 Å². The van der Waals surface area contributed by atoms with Crippen molar-refractivity contribution in [2.24, 2.45) is 0 Å². The third-order valence-corrected chi connectivity index (χ3v) is 10.1. The average Bonchev–Trinajstić information content (AvgIpc) is 3.55. The zero-order valence-electron chi connectivity index (χ0n) is 29.0. The topological polar surface area (TPSA) is 17.8 Å². The molecule has 52 heavy (non-hydrogen) atoms. The molecule has 0 unspecified atom stereocenters. The Kier molecular flexibility index (Phi) is 7.91. The summed E-state index contributed by atoms with van der Waals surface area (Å²) in [4.78, 5) is 5.16. The quantitative estimate of drug-likeness (QED) is 0.122. The zero-order valence-corrected chi connectivity index (χ0v) is 29.0. The Morgan fingerprint density at radius 2 is 1.13 bits per heavy atom. The van der Waals surface area contributed by atoms with E-state index >= 15 is 0 Å². The first-order valence-corrected chi connectivity index (χ1v) is 17.8. The maximum Gasteiger partial charge on any atom is 0.0722 e. The summed E-state index contributed by atoms with van der Waals surface area (Å²) in [5, 5.41) is 6.06. The molecule has 0 amide bonds. The molecule has 2 heteroatoms. The molecule has 0 aliphatic heterocycles. The first kappa shape index (κ1) is 31.2. The molecule has 7 aromatic carbocycles. The van der Waals surface area contributed by atoms with Crippen molar-refractivity contribution in [2.45, 2.75) is 6.92 Å². The summed E-state index contributed by atoms with van der Waals surface area (Å²) in [6.45, 7) is 6.48. The second-order valence-corrected chi connectivity index (χ2v) is 13.2. The van der Waals surface area contributed by atoms with Crippen LogP contribution in [0.5, 0.6) is 0 Å². The molecular formula is C50H36N2. The van der Waals surface area contributed by atoms with Crippen LogP contribution in [0.4, 0.5) is 0 Å². The maximum absolute atomic E-state index is 5.16. The number of hydrogen-bond donors (Lipinski definition) is 0. The van der Waals surface area contributed by atoms with Crippen LogP contribution in [0.1, 0.15) is 12.5 Å². The molecule has 0 saturated carbocycles. The lowest BCUT2D eigenvalue weighted by atomic mass is 9.94. The summed E-state index contributed by atoms with van der Waals surface area (Å²) >= 11 is 0. The highest BCUT2D eigenvalue weighted by molar-refractivity contribution is 6.12. The smallest absolute Gasteiger partial charge is 0.0722 e. The number of nitrogens with zero attached hydrogens (tertiary/aromatic N) is 2. The van der Waals surface area contributed by atoms with Gasteiger partial charge < -0.3 is 4.57 Å². The summed E-state index contributed by atoms with van der Waals surface area (Å²) in [7, 11) is 0. The highest BCUT2D eigenvalue weighted by Gasteiger charge is 2.14. The van der Waals surface area contributed by atoms with Crippen molar-refractivity contribution in [3.63, 3.8) is 0 Å². The Hall–Kier alpha value is -6.77. The largest absolute Gasteiger partial charge is 0.309 e. The number of benzene rings is 7. The molecule has 0 spiro atoms. The van der Waals surface area contributed by atoms with Crippen molar-refractivity contribution >= 4 is 49.1 Å². The van der Waals surface area contributed by atoms with E-state index in [4.69, 9.17) is 4.98 Å². The molecule has 9 rings (SSSR count). The first-order valence-electron chi connectivity index (χ1n) is 17.8. The summed E-state index contributed by atoms with van der Waals surface area (Å²) in [5.74, 6) is 0. The molecule has 2 nitrogen and oxygen atoms in total. The first-order chi connectivity index (χ1) is 25.7. The predicted octanol–water partition coefficient (Wildman–Crippen LogP) is 13.6. The second kappa shape index (κ2) is 13.2. The normalized spacial score (nSPS) is 11.9. The van der Waals surface area contributed by atoms with Crippen molar-refractivity contribution in [3.05, 3.63) is 200 Å². The Labute approximate surface area is 304 Å². The van der Waals surface area contributed by atoms with Crippen molar-refractivity contribution < 1.29 is 0 Å². The Balaban J connectivity index is 1.03. The molecule has 0 saturated heterocycles. The van der Waals surface area contributed by atoms with Gasteiger partial charge in [-0.25, -0.2) is 4.98 Å². The van der Waals surface area contributed by atoms with E-state index in [1.807, 2.05) is 25.2 Å². The fourth-order valence-corrected chi connectivity index (χ4v) is 7.49. The van der Waals surface area contributed by atoms with Gasteiger partial charge in [0.1, 0.15) is 0 Å². The van der Waals surface area contributed by atoms with Gasteiger partial charge in [0.25, 0.3) is 0 Å². The van der Waals surface area contributed by atoms with Gasteiger partial charge in [0.15, 0.2) is 0 Å². The van der Waals surface area contributed by atoms with E-state index in [0.717, 1.165) is 39.0 Å². The van der Waals surface area contributed by atoms with E-state index in [0.29, 0.717) is 0 Å². The molecule has 246 valence electrons. The van der Waals surface area contributed by atoms with Crippen LogP contribution in [0.25, 0.3) is 88.3 Å². The summed E-state index contributed by atoms with van der Waals surface area (Å²) in [6.07, 6.45) is 8.18. The average molecular weight is 665 g/mol. The van der Waals surface area contributed by atoms with Crippen molar-refractivity contribution in [1.29, 1.82) is 0 Å². The molecule has 0 N–H and O–H groups in total. The minimum Gasteiger partial charge on any atom is -0.309 e. The molecule has 0 atom stereocenters. The summed E-state index contributed by atoms with van der Waals surface area (Å²) < 4.78 is 2.37. The monoisotopic (exact) mass is 664 g/mol. The van der Waals surface area contributed by atoms with E-state index < -0.39 is 0 Å². The van der Waals surface area contributed by atoms with Crippen molar-refractivity contribution in [2.75, 3.05) is 0 Å². The minimum absolute atomic E-state index is 0.934. The van der Waals surface area contributed by atoms with Gasteiger partial charge in [-0.15, -0.1) is 0 Å². The van der Waals surface area contributed by atoms with E-state index in [1.54, 1.807) is 0 Å². The number of rotatable bonds is 7. The van der Waals surface area contributed by atoms with Crippen LogP contribution in [-0.4, -0.2) is 9.55 Å². The Morgan fingerprint density at radius 1 is 0.538 bits per heavy atom. The van der Waals surface area contributed by atoms with E-state index in [1.165, 1.54) is 54.8 Å². The lowest BCUT2D eigenvalue weighted by Crippen LogP contribution is -1.94. The third-order valence-electron chi connectivity index (χ3n) is 10.1. The summed E-state index contributed by atoms with van der Waals surface area (Å²) in [5.41, 5.74) is 13.3. The third kappa shape index (κ3) is 5.52. The standard InChI is InChI=1S/C50H36N2/c1-3-4-5-13-34(2)45-33-47(51-46-31-30-38-14-6-7-17-42(38)50(45)46)39-28-26-36(27-29-39)35-22-24-37(25-23-35)40-15-12-16-41(32-40)52-48-20-10-8-18-43(48)44-19-9-11-21-49(44)52/h3-33H,2H2,1H3/b4-3-,13-5-. The molecule has 0 aliphatic rings. The number of para-hydroxylation sites is 2. The Bertz CT molecular complexity index is 2790. The number of hydrogen-bond acceptors (Lipinski definition) is 1. The van der Waals surface area contributed by atoms with E-state index in [9.17, 15) is 0 Å². The van der Waals surface area contributed by atoms with Crippen molar-refractivity contribution in [3.8, 4) is 39.2 Å². The lowest BCUT2D eigenvalue weighted by Gasteiger charge is -2.13. The summed E-state index contributed by atoms with van der Waals surface area (Å²) in [6, 6.07) is 58.7. The van der Waals surface area contributed by atoms with Crippen LogP contribution in [0, 0.1) is 0 Å². The Morgan fingerprint density at radius 3 is 1.81 bits per heavy atom. The van der Waals surface area contributed by atoms with Gasteiger partial charge in [0, 0.05) is 27.4 Å². The molecule has 9 aromatic rings. The minimum atomic E-state index is 0.934. The van der Waals surface area contributed by atoms with E-state index in [-0.39, 0.29) is 0 Å². The van der Waals surface area contributed by atoms with Gasteiger partial charge in [0.05, 0.1) is 22.2 Å². The van der Waals surface area contributed by atoms with Crippen LogP contribution >= 0.6 is 0 Å². The zero-order chi connectivity index (χ0) is 35.0. The molecular weight excluding hydrogens is 629 g/mol. The predicted molar refractivity (Wildman–Crippen MR) is 223 cm³/mol. The van der Waals surface area contributed by atoms with Gasteiger partial charge in [-0.1, -0.05) is 158 Å². The fourth-order valence-electron chi connectivity index (χ4n) is 7.49. The highest BCUT2D eigenvalue weighted by Crippen LogP contribution is 2.36. The number of aromatic nitrogens is 2. The van der Waals surface area contributed by atoms with Crippen LogP contribution in [0.15, 0.2) is 195 Å². The molecule has 0 aliphatic carbocycles. The van der Waals surface area contributed by atoms with Gasteiger partial charge in [-0.3, -0.25) is 0 Å². The number of pyridine rings is 1. The van der Waals surface area contributed by atoms with Crippen LogP contribution in [-0.2, 0) is 0 Å². The van der Waals surface area contributed by atoms with Gasteiger partial charge in [-0.2, -0.15) is 0 Å². The van der Waals surface area contributed by atoms with Crippen LogP contribution in [0.2, 0.25) is 0 Å². The fraction of sp³-hybridized carbons (Fsp3) is 0.0200. The SMILES string of the molecule is C=C(/C=C\C=C/C)c1cc(-c2ccc(-c3ccc(-c4cccc(-n5c6ccccc6c6ccccc65)c4)cc3)cc2)nc2ccc3ccccc3c12. The van der Waals surface area contributed by atoms with Crippen molar-refractivity contribution in [1.82, 2.24) is 9.55 Å². The lowest BCUT2D eigenvalue weighted by molar-refractivity contribution is 1.18. The molecule has 0 radical (unpaired) electrons. The number of allylic oxidation sites excluding steroid dienone is 5. The highest BCUT2D eigenvalue weighted by atomic mass is 15.0. The van der Waals surface area contributed by atoms with Crippen LogP contribution < -0.4 is 0 Å². The molecule has 0 fully saturated rings. The molecule has 2 heterocycles. The van der Waals surface area contributed by atoms with Crippen LogP contribution in [0.3, 0.4) is 0 Å². The maximum atomic E-state index is 5.16. The van der Waals surface area contributed by atoms with Gasteiger partial charge >= 0.3 is 0 Å². The van der Waals surface area contributed by atoms with E-state index in [2.05, 4.69) is 181 Å². The molecule has 0 bridgehead atoms. The number of fused-ring (bicyclic) bond motifs is 6. The second-order valence-electron chi connectivity index (χ2n) is 13.2. The van der Waals surface area contributed by atoms with Gasteiger partial charge in [0.2, 0.25) is 0 Å².